The molecule has 5 heteroatoms. The maximum absolute atomic E-state index is 13.4. The van der Waals surface area contributed by atoms with Gasteiger partial charge >= 0.3 is 0 Å². The third-order valence-corrected chi connectivity index (χ3v) is 2.91. The van der Waals surface area contributed by atoms with Crippen LogP contribution >= 0.6 is 0 Å². The quantitative estimate of drug-likeness (QED) is 0.882. The SMILES string of the molecule is CNC(C)c1ccc(F)cc1-c1cnnn1C. The highest BCUT2D eigenvalue weighted by atomic mass is 19.1. The van der Waals surface area contributed by atoms with E-state index in [9.17, 15) is 4.39 Å². The second-order valence-electron chi connectivity index (χ2n) is 3.98. The number of hydrogen-bond acceptors (Lipinski definition) is 3. The lowest BCUT2D eigenvalue weighted by molar-refractivity contribution is 0.619. The zero-order chi connectivity index (χ0) is 12.4. The molecule has 1 atom stereocenters. The van der Waals surface area contributed by atoms with Gasteiger partial charge in [0, 0.05) is 18.7 Å². The summed E-state index contributed by atoms with van der Waals surface area (Å²) in [6, 6.07) is 4.91. The van der Waals surface area contributed by atoms with E-state index in [1.54, 1.807) is 24.0 Å². The lowest BCUT2D eigenvalue weighted by Gasteiger charge is -2.15. The van der Waals surface area contributed by atoms with E-state index in [0.29, 0.717) is 0 Å². The zero-order valence-electron chi connectivity index (χ0n) is 10.1. The molecule has 1 unspecified atom stereocenters. The van der Waals surface area contributed by atoms with Crippen LogP contribution in [-0.2, 0) is 7.05 Å². The Balaban J connectivity index is 2.59. The predicted octanol–water partition coefficient (Wildman–Crippen LogP) is 1.90. The van der Waals surface area contributed by atoms with Crippen LogP contribution in [0.4, 0.5) is 4.39 Å². The van der Waals surface area contributed by atoms with Gasteiger partial charge in [-0.1, -0.05) is 11.3 Å². The molecule has 2 rings (SSSR count). The number of aryl methyl sites for hydroxylation is 1. The normalized spacial score (nSPS) is 12.7. The molecule has 0 aliphatic carbocycles. The molecule has 0 saturated heterocycles. The Morgan fingerprint density at radius 3 is 2.76 bits per heavy atom. The predicted molar refractivity (Wildman–Crippen MR) is 63.9 cm³/mol. The molecule has 0 spiro atoms. The Bertz CT molecular complexity index is 521. The van der Waals surface area contributed by atoms with Crippen LogP contribution in [0.5, 0.6) is 0 Å². The Hall–Kier alpha value is -1.75. The van der Waals surface area contributed by atoms with Crippen LogP contribution in [-0.4, -0.2) is 22.0 Å². The van der Waals surface area contributed by atoms with E-state index in [1.807, 2.05) is 14.0 Å². The number of rotatable bonds is 3. The van der Waals surface area contributed by atoms with Crippen LogP contribution < -0.4 is 5.32 Å². The van der Waals surface area contributed by atoms with Gasteiger partial charge in [-0.3, -0.25) is 0 Å². The van der Waals surface area contributed by atoms with Gasteiger partial charge in [0.05, 0.1) is 11.9 Å². The highest BCUT2D eigenvalue weighted by molar-refractivity contribution is 5.64. The van der Waals surface area contributed by atoms with Crippen molar-refractivity contribution in [3.8, 4) is 11.3 Å². The monoisotopic (exact) mass is 234 g/mol. The first-order valence-corrected chi connectivity index (χ1v) is 5.45. The molecule has 1 aromatic heterocycles. The van der Waals surface area contributed by atoms with Crippen LogP contribution in [0.1, 0.15) is 18.5 Å². The topological polar surface area (TPSA) is 42.7 Å². The number of benzene rings is 1. The lowest BCUT2D eigenvalue weighted by Crippen LogP contribution is -2.14. The van der Waals surface area contributed by atoms with Gasteiger partial charge in [0.15, 0.2) is 0 Å². The van der Waals surface area contributed by atoms with Crippen molar-refractivity contribution in [2.75, 3.05) is 7.05 Å². The molecule has 0 bridgehead atoms. The van der Waals surface area contributed by atoms with Crippen molar-refractivity contribution in [2.24, 2.45) is 7.05 Å². The Morgan fingerprint density at radius 2 is 2.18 bits per heavy atom. The molecule has 0 radical (unpaired) electrons. The molecule has 17 heavy (non-hydrogen) atoms. The summed E-state index contributed by atoms with van der Waals surface area (Å²) in [6.07, 6.45) is 1.64. The Morgan fingerprint density at radius 1 is 1.41 bits per heavy atom. The van der Waals surface area contributed by atoms with E-state index < -0.39 is 0 Å². The summed E-state index contributed by atoms with van der Waals surface area (Å²) >= 11 is 0. The zero-order valence-corrected chi connectivity index (χ0v) is 10.1. The highest BCUT2D eigenvalue weighted by Gasteiger charge is 2.14. The largest absolute Gasteiger partial charge is 0.313 e. The second kappa shape index (κ2) is 4.63. The molecular formula is C12H15FN4. The molecule has 1 heterocycles. The van der Waals surface area contributed by atoms with Gasteiger partial charge in [-0.25, -0.2) is 9.07 Å². The first kappa shape index (κ1) is 11.7. The highest BCUT2D eigenvalue weighted by Crippen LogP contribution is 2.27. The molecule has 0 amide bonds. The molecule has 4 nitrogen and oxygen atoms in total. The Kier molecular flexibility index (Phi) is 3.19. The maximum atomic E-state index is 13.4. The number of nitrogens with one attached hydrogen (secondary N) is 1. The fraction of sp³-hybridized carbons (Fsp3) is 0.333. The van der Waals surface area contributed by atoms with Crippen molar-refractivity contribution in [2.45, 2.75) is 13.0 Å². The van der Waals surface area contributed by atoms with Crippen molar-refractivity contribution in [1.29, 1.82) is 0 Å². The van der Waals surface area contributed by atoms with Crippen LogP contribution in [0.3, 0.4) is 0 Å². The van der Waals surface area contributed by atoms with E-state index in [1.165, 1.54) is 12.1 Å². The molecule has 2 aromatic rings. The number of nitrogens with zero attached hydrogens (tertiary/aromatic N) is 3. The minimum atomic E-state index is -0.256. The summed E-state index contributed by atoms with van der Waals surface area (Å²) in [5.74, 6) is -0.256. The first-order chi connectivity index (χ1) is 8.13. The van der Waals surface area contributed by atoms with Gasteiger partial charge in [0.1, 0.15) is 5.82 Å². The summed E-state index contributed by atoms with van der Waals surface area (Å²) < 4.78 is 15.0. The molecule has 1 N–H and O–H groups in total. The van der Waals surface area contributed by atoms with Gasteiger partial charge < -0.3 is 5.32 Å². The second-order valence-corrected chi connectivity index (χ2v) is 3.98. The molecular weight excluding hydrogens is 219 g/mol. The van der Waals surface area contributed by atoms with Crippen molar-refractivity contribution in [3.05, 3.63) is 35.8 Å². The molecule has 0 aliphatic rings. The maximum Gasteiger partial charge on any atom is 0.123 e. The standard InChI is InChI=1S/C12H15FN4/c1-8(14-2)10-5-4-9(13)6-11(10)12-7-15-16-17(12)3/h4-8,14H,1-3H3. The van der Waals surface area contributed by atoms with Crippen LogP contribution in [0.2, 0.25) is 0 Å². The average Bonchev–Trinajstić information content (AvgIpc) is 2.74. The van der Waals surface area contributed by atoms with Gasteiger partial charge in [-0.2, -0.15) is 0 Å². The van der Waals surface area contributed by atoms with Crippen LogP contribution in [0, 0.1) is 5.82 Å². The molecule has 0 aliphatic heterocycles. The molecule has 90 valence electrons. The van der Waals surface area contributed by atoms with E-state index in [4.69, 9.17) is 0 Å². The smallest absolute Gasteiger partial charge is 0.123 e. The molecule has 0 fully saturated rings. The lowest BCUT2D eigenvalue weighted by atomic mass is 9.99. The summed E-state index contributed by atoms with van der Waals surface area (Å²) in [5.41, 5.74) is 2.65. The van der Waals surface area contributed by atoms with Gasteiger partial charge in [-0.05, 0) is 31.7 Å². The summed E-state index contributed by atoms with van der Waals surface area (Å²) in [4.78, 5) is 0. The van der Waals surface area contributed by atoms with Crippen molar-refractivity contribution >= 4 is 0 Å². The molecule has 0 saturated carbocycles. The van der Waals surface area contributed by atoms with Crippen molar-refractivity contribution in [1.82, 2.24) is 20.3 Å². The number of aromatic nitrogens is 3. The van der Waals surface area contributed by atoms with Gasteiger partial charge in [0.2, 0.25) is 0 Å². The van der Waals surface area contributed by atoms with E-state index in [0.717, 1.165) is 16.8 Å². The number of halogens is 1. The average molecular weight is 234 g/mol. The van der Waals surface area contributed by atoms with E-state index >= 15 is 0 Å². The third-order valence-electron chi connectivity index (χ3n) is 2.91. The van der Waals surface area contributed by atoms with E-state index in [-0.39, 0.29) is 11.9 Å². The minimum absolute atomic E-state index is 0.139. The van der Waals surface area contributed by atoms with Crippen molar-refractivity contribution in [3.63, 3.8) is 0 Å². The van der Waals surface area contributed by atoms with Gasteiger partial charge in [-0.15, -0.1) is 5.10 Å². The minimum Gasteiger partial charge on any atom is -0.313 e. The summed E-state index contributed by atoms with van der Waals surface area (Å²) in [7, 11) is 3.67. The fourth-order valence-corrected chi connectivity index (χ4v) is 1.82. The van der Waals surface area contributed by atoms with E-state index in [2.05, 4.69) is 15.6 Å². The summed E-state index contributed by atoms with van der Waals surface area (Å²) in [5, 5.41) is 10.8. The summed E-state index contributed by atoms with van der Waals surface area (Å²) in [6.45, 7) is 2.03. The fourth-order valence-electron chi connectivity index (χ4n) is 1.82. The number of hydrogen-bond donors (Lipinski definition) is 1. The van der Waals surface area contributed by atoms with Crippen molar-refractivity contribution < 1.29 is 4.39 Å². The van der Waals surface area contributed by atoms with Crippen LogP contribution in [0.25, 0.3) is 11.3 Å². The van der Waals surface area contributed by atoms with Crippen LogP contribution in [0.15, 0.2) is 24.4 Å². The first-order valence-electron chi connectivity index (χ1n) is 5.45. The molecule has 1 aromatic carbocycles. The Labute approximate surface area is 99.5 Å². The third kappa shape index (κ3) is 2.19. The van der Waals surface area contributed by atoms with Gasteiger partial charge in [0.25, 0.3) is 0 Å².